The van der Waals surface area contributed by atoms with E-state index in [0.717, 1.165) is 0 Å². The van der Waals surface area contributed by atoms with E-state index in [0.29, 0.717) is 0 Å². The van der Waals surface area contributed by atoms with Crippen LogP contribution < -0.4 is 0 Å². The second kappa shape index (κ2) is 2.80. The van der Waals surface area contributed by atoms with Crippen molar-refractivity contribution in [3.05, 3.63) is 0 Å². The first-order chi connectivity index (χ1) is 4.04. The Balaban J connectivity index is 3.97. The summed E-state index contributed by atoms with van der Waals surface area (Å²) in [4.78, 5) is 10.6. The summed E-state index contributed by atoms with van der Waals surface area (Å²) in [5.74, 6) is -0.509. The molecule has 0 aliphatic carbocycles. The SMILES string of the molecule is COC(=O)C(C)(C)CF. The molecule has 2 nitrogen and oxygen atoms in total. The van der Waals surface area contributed by atoms with E-state index in [-0.39, 0.29) is 0 Å². The molecule has 0 radical (unpaired) electrons. The zero-order valence-corrected chi connectivity index (χ0v) is 5.90. The molecule has 0 bridgehead atoms. The van der Waals surface area contributed by atoms with E-state index < -0.39 is 18.1 Å². The molecule has 3 heteroatoms. The minimum absolute atomic E-state index is 0.509. The van der Waals surface area contributed by atoms with Crippen LogP contribution in [-0.4, -0.2) is 19.8 Å². The Kier molecular flexibility index (Phi) is 2.62. The summed E-state index contributed by atoms with van der Waals surface area (Å²) in [6.45, 7) is 2.32. The van der Waals surface area contributed by atoms with Gasteiger partial charge in [0.25, 0.3) is 0 Å². The highest BCUT2D eigenvalue weighted by Crippen LogP contribution is 2.16. The van der Waals surface area contributed by atoms with Crippen molar-refractivity contribution < 1.29 is 13.9 Å². The Morgan fingerprint density at radius 1 is 1.67 bits per heavy atom. The fraction of sp³-hybridized carbons (Fsp3) is 0.833. The lowest BCUT2D eigenvalue weighted by Crippen LogP contribution is -2.27. The summed E-state index contributed by atoms with van der Waals surface area (Å²) in [5.41, 5.74) is -0.977. The van der Waals surface area contributed by atoms with Gasteiger partial charge in [0.1, 0.15) is 6.67 Å². The molecule has 0 aromatic rings. The molecule has 0 atom stereocenters. The van der Waals surface area contributed by atoms with Crippen LogP contribution in [0.15, 0.2) is 0 Å². The van der Waals surface area contributed by atoms with Crippen LogP contribution in [0.3, 0.4) is 0 Å². The van der Waals surface area contributed by atoms with Crippen molar-refractivity contribution in [3.63, 3.8) is 0 Å². The molecule has 0 amide bonds. The van der Waals surface area contributed by atoms with E-state index in [1.165, 1.54) is 21.0 Å². The van der Waals surface area contributed by atoms with Crippen molar-refractivity contribution in [2.24, 2.45) is 5.41 Å². The van der Waals surface area contributed by atoms with Gasteiger partial charge >= 0.3 is 5.97 Å². The van der Waals surface area contributed by atoms with Gasteiger partial charge in [-0.3, -0.25) is 4.79 Å². The third-order valence-corrected chi connectivity index (χ3v) is 1.07. The van der Waals surface area contributed by atoms with Gasteiger partial charge in [-0.15, -0.1) is 0 Å². The van der Waals surface area contributed by atoms with E-state index in [2.05, 4.69) is 4.74 Å². The molecule has 0 aliphatic heterocycles. The Hall–Kier alpha value is -0.600. The number of halogens is 1. The van der Waals surface area contributed by atoms with Gasteiger partial charge in [0.15, 0.2) is 0 Å². The molecule has 0 unspecified atom stereocenters. The minimum atomic E-state index is -0.977. The molecule has 9 heavy (non-hydrogen) atoms. The summed E-state index contributed by atoms with van der Waals surface area (Å²) < 4.78 is 16.2. The van der Waals surface area contributed by atoms with Crippen molar-refractivity contribution in [2.75, 3.05) is 13.8 Å². The van der Waals surface area contributed by atoms with Crippen LogP contribution >= 0.6 is 0 Å². The number of ether oxygens (including phenoxy) is 1. The Bertz CT molecular complexity index is 110. The van der Waals surface area contributed by atoms with Gasteiger partial charge in [0, 0.05) is 0 Å². The van der Waals surface area contributed by atoms with Crippen LogP contribution in [0.25, 0.3) is 0 Å². The molecule has 0 heterocycles. The highest BCUT2D eigenvalue weighted by Gasteiger charge is 2.28. The second-order valence-electron chi connectivity index (χ2n) is 2.51. The first kappa shape index (κ1) is 8.40. The van der Waals surface area contributed by atoms with E-state index in [1.54, 1.807) is 0 Å². The highest BCUT2D eigenvalue weighted by molar-refractivity contribution is 5.75. The maximum absolute atomic E-state index is 11.9. The van der Waals surface area contributed by atoms with Crippen LogP contribution in [0.1, 0.15) is 13.8 Å². The molecule has 0 fully saturated rings. The summed E-state index contributed by atoms with van der Waals surface area (Å²) >= 11 is 0. The summed E-state index contributed by atoms with van der Waals surface area (Å²) in [6, 6.07) is 0. The average Bonchev–Trinajstić information content (AvgIpc) is 1.86. The quantitative estimate of drug-likeness (QED) is 0.529. The Morgan fingerprint density at radius 2 is 2.11 bits per heavy atom. The van der Waals surface area contributed by atoms with E-state index in [4.69, 9.17) is 0 Å². The molecule has 0 spiro atoms. The number of hydrogen-bond donors (Lipinski definition) is 0. The zero-order valence-electron chi connectivity index (χ0n) is 5.90. The van der Waals surface area contributed by atoms with Crippen LogP contribution in [-0.2, 0) is 9.53 Å². The van der Waals surface area contributed by atoms with Crippen LogP contribution in [0.4, 0.5) is 4.39 Å². The smallest absolute Gasteiger partial charge is 0.313 e. The molecule has 0 saturated carbocycles. The van der Waals surface area contributed by atoms with E-state index in [1.807, 2.05) is 0 Å². The van der Waals surface area contributed by atoms with Crippen LogP contribution in [0, 0.1) is 5.41 Å². The third kappa shape index (κ3) is 2.00. The number of alkyl halides is 1. The van der Waals surface area contributed by atoms with Gasteiger partial charge in [-0.2, -0.15) is 0 Å². The van der Waals surface area contributed by atoms with Crippen molar-refractivity contribution in [1.29, 1.82) is 0 Å². The number of carbonyl (C=O) groups excluding carboxylic acids is 1. The topological polar surface area (TPSA) is 26.3 Å². The molecular weight excluding hydrogens is 123 g/mol. The van der Waals surface area contributed by atoms with Crippen LogP contribution in [0.2, 0.25) is 0 Å². The Labute approximate surface area is 54.0 Å². The lowest BCUT2D eigenvalue weighted by Gasteiger charge is -2.15. The number of esters is 1. The summed E-state index contributed by atoms with van der Waals surface area (Å²) in [5, 5.41) is 0. The van der Waals surface area contributed by atoms with Gasteiger partial charge < -0.3 is 4.74 Å². The summed E-state index contributed by atoms with van der Waals surface area (Å²) in [6.07, 6.45) is 0. The minimum Gasteiger partial charge on any atom is -0.469 e. The monoisotopic (exact) mass is 134 g/mol. The van der Waals surface area contributed by atoms with E-state index in [9.17, 15) is 9.18 Å². The van der Waals surface area contributed by atoms with Gasteiger partial charge in [-0.1, -0.05) is 0 Å². The lowest BCUT2D eigenvalue weighted by molar-refractivity contribution is -0.151. The van der Waals surface area contributed by atoms with Crippen molar-refractivity contribution in [2.45, 2.75) is 13.8 Å². The Morgan fingerprint density at radius 3 is 2.22 bits per heavy atom. The standard InChI is InChI=1S/C6H11FO2/c1-6(2,4-7)5(8)9-3/h4H2,1-3H3. The molecule has 0 saturated heterocycles. The predicted molar refractivity (Wildman–Crippen MR) is 31.8 cm³/mol. The van der Waals surface area contributed by atoms with Gasteiger partial charge in [-0.25, -0.2) is 4.39 Å². The molecule has 0 aliphatic rings. The molecule has 0 rings (SSSR count). The summed E-state index contributed by atoms with van der Waals surface area (Å²) in [7, 11) is 1.25. The molecular formula is C6H11FO2. The lowest BCUT2D eigenvalue weighted by atomic mass is 9.96. The molecule has 54 valence electrons. The zero-order chi connectivity index (χ0) is 7.49. The maximum atomic E-state index is 11.9. The molecule has 0 N–H and O–H groups in total. The van der Waals surface area contributed by atoms with Gasteiger partial charge in [-0.05, 0) is 13.8 Å². The fourth-order valence-electron chi connectivity index (χ4n) is 0.331. The average molecular weight is 134 g/mol. The fourth-order valence-corrected chi connectivity index (χ4v) is 0.331. The molecule has 0 aromatic heterocycles. The predicted octanol–water partition coefficient (Wildman–Crippen LogP) is 1.16. The van der Waals surface area contributed by atoms with Crippen molar-refractivity contribution in [1.82, 2.24) is 0 Å². The largest absolute Gasteiger partial charge is 0.469 e. The normalized spacial score (nSPS) is 11.1. The number of rotatable bonds is 2. The third-order valence-electron chi connectivity index (χ3n) is 1.07. The number of hydrogen-bond acceptors (Lipinski definition) is 2. The first-order valence-corrected chi connectivity index (χ1v) is 2.69. The van der Waals surface area contributed by atoms with Crippen molar-refractivity contribution >= 4 is 5.97 Å². The highest BCUT2D eigenvalue weighted by atomic mass is 19.1. The van der Waals surface area contributed by atoms with Gasteiger partial charge in [0.05, 0.1) is 12.5 Å². The number of methoxy groups -OCH3 is 1. The second-order valence-corrected chi connectivity index (χ2v) is 2.51. The van der Waals surface area contributed by atoms with Crippen molar-refractivity contribution in [3.8, 4) is 0 Å². The van der Waals surface area contributed by atoms with Gasteiger partial charge in [0.2, 0.25) is 0 Å². The van der Waals surface area contributed by atoms with Crippen LogP contribution in [0.5, 0.6) is 0 Å². The number of carbonyl (C=O) groups is 1. The molecule has 0 aromatic carbocycles. The van der Waals surface area contributed by atoms with E-state index >= 15 is 0 Å². The first-order valence-electron chi connectivity index (χ1n) is 2.69. The maximum Gasteiger partial charge on any atom is 0.313 e.